The number of ether oxygens (including phenoxy) is 3. The third kappa shape index (κ3) is 1.98. The van der Waals surface area contributed by atoms with Crippen LogP contribution < -0.4 is 19.6 Å². The van der Waals surface area contributed by atoms with E-state index in [4.69, 9.17) is 14.2 Å². The van der Waals surface area contributed by atoms with E-state index in [1.165, 1.54) is 21.3 Å². The van der Waals surface area contributed by atoms with Crippen molar-refractivity contribution in [3.05, 3.63) is 40.1 Å². The average molecular weight is 357 g/mol. The number of pyridine rings is 1. The Morgan fingerprint density at radius 3 is 2.31 bits per heavy atom. The Kier molecular flexibility index (Phi) is 3.78. The molecule has 0 saturated heterocycles. The molecular formula is C19H19NO6. The van der Waals surface area contributed by atoms with Gasteiger partial charge in [-0.1, -0.05) is 12.1 Å². The molecule has 0 spiro atoms. The van der Waals surface area contributed by atoms with Gasteiger partial charge >= 0.3 is 0 Å². The van der Waals surface area contributed by atoms with Crippen LogP contribution in [-0.2, 0) is 6.54 Å². The summed E-state index contributed by atoms with van der Waals surface area (Å²) in [5.41, 5.74) is 1.25. The monoisotopic (exact) mass is 357 g/mol. The van der Waals surface area contributed by atoms with Crippen LogP contribution in [0.25, 0.3) is 21.8 Å². The van der Waals surface area contributed by atoms with Crippen molar-refractivity contribution in [2.45, 2.75) is 18.8 Å². The van der Waals surface area contributed by atoms with Crippen LogP contribution in [0.1, 0.15) is 11.7 Å². The summed E-state index contributed by atoms with van der Waals surface area (Å²) in [4.78, 5) is 13.2. The van der Waals surface area contributed by atoms with Gasteiger partial charge in [0.05, 0.1) is 49.9 Å². The zero-order valence-corrected chi connectivity index (χ0v) is 14.6. The number of fused-ring (bicyclic) bond motifs is 2. The fraction of sp³-hybridized carbons (Fsp3) is 0.316. The summed E-state index contributed by atoms with van der Waals surface area (Å²) < 4.78 is 18.2. The Bertz CT molecular complexity index is 1090. The van der Waals surface area contributed by atoms with Crippen molar-refractivity contribution in [2.24, 2.45) is 0 Å². The summed E-state index contributed by atoms with van der Waals surface area (Å²) >= 11 is 0. The molecule has 0 saturated carbocycles. The van der Waals surface area contributed by atoms with Gasteiger partial charge in [0.15, 0.2) is 11.5 Å². The minimum Gasteiger partial charge on any atom is -0.492 e. The van der Waals surface area contributed by atoms with Gasteiger partial charge in [0.2, 0.25) is 11.2 Å². The van der Waals surface area contributed by atoms with E-state index in [2.05, 4.69) is 0 Å². The van der Waals surface area contributed by atoms with Crippen LogP contribution in [-0.4, -0.2) is 42.2 Å². The number of benzene rings is 2. The van der Waals surface area contributed by atoms with E-state index in [1.54, 1.807) is 12.1 Å². The second-order valence-corrected chi connectivity index (χ2v) is 6.21. The van der Waals surface area contributed by atoms with Gasteiger partial charge in [-0.15, -0.1) is 0 Å². The number of hydrogen-bond donors (Lipinski definition) is 2. The van der Waals surface area contributed by atoms with Gasteiger partial charge in [-0.2, -0.15) is 0 Å². The Morgan fingerprint density at radius 1 is 1.00 bits per heavy atom. The topological polar surface area (TPSA) is 90.2 Å². The van der Waals surface area contributed by atoms with Gasteiger partial charge in [0.1, 0.15) is 12.2 Å². The highest BCUT2D eigenvalue weighted by atomic mass is 16.5. The van der Waals surface area contributed by atoms with Crippen molar-refractivity contribution in [3.63, 3.8) is 0 Å². The molecule has 4 rings (SSSR count). The molecule has 2 heterocycles. The van der Waals surface area contributed by atoms with E-state index in [9.17, 15) is 15.0 Å². The molecule has 1 aliphatic heterocycles. The highest BCUT2D eigenvalue weighted by molar-refractivity contribution is 6.01. The Balaban J connectivity index is 2.38. The molecule has 2 aromatic carbocycles. The number of hydrogen-bond acceptors (Lipinski definition) is 6. The van der Waals surface area contributed by atoms with Gasteiger partial charge in [0, 0.05) is 5.39 Å². The molecule has 26 heavy (non-hydrogen) atoms. The van der Waals surface area contributed by atoms with E-state index < -0.39 is 12.2 Å². The standard InChI is InChI=1S/C19H19NO6/c1-24-17-12-14-13(18(25-2)19(17)26-3)16(23)11(21)8-20(14)10-7-5-4-6-9(10)15(12)22/h4-7,11,16,21,23H,8H2,1-3H3. The van der Waals surface area contributed by atoms with Gasteiger partial charge in [-0.3, -0.25) is 4.79 Å². The fourth-order valence-electron chi connectivity index (χ4n) is 3.86. The predicted octanol–water partition coefficient (Wildman–Crippen LogP) is 1.59. The van der Waals surface area contributed by atoms with Crippen molar-refractivity contribution in [1.29, 1.82) is 0 Å². The van der Waals surface area contributed by atoms with E-state index in [0.29, 0.717) is 27.4 Å². The lowest BCUT2D eigenvalue weighted by Gasteiger charge is -2.32. The summed E-state index contributed by atoms with van der Waals surface area (Å²) in [7, 11) is 4.33. The first kappa shape index (κ1) is 16.7. The summed E-state index contributed by atoms with van der Waals surface area (Å²) in [6.45, 7) is 0.143. The maximum Gasteiger partial charge on any atom is 0.204 e. The van der Waals surface area contributed by atoms with E-state index in [-0.39, 0.29) is 29.2 Å². The molecule has 2 N–H and O–H groups in total. The molecule has 7 nitrogen and oxygen atoms in total. The first-order chi connectivity index (χ1) is 12.5. The first-order valence-electron chi connectivity index (χ1n) is 8.18. The van der Waals surface area contributed by atoms with Crippen LogP contribution in [0, 0.1) is 0 Å². The van der Waals surface area contributed by atoms with Gasteiger partial charge in [-0.05, 0) is 12.1 Å². The number of methoxy groups -OCH3 is 3. The third-order valence-corrected chi connectivity index (χ3v) is 4.95. The molecule has 2 unspecified atom stereocenters. The molecule has 1 aliphatic rings. The van der Waals surface area contributed by atoms with Crippen molar-refractivity contribution >= 4 is 21.8 Å². The summed E-state index contributed by atoms with van der Waals surface area (Å²) in [5.74, 6) is 0.701. The van der Waals surface area contributed by atoms with Crippen LogP contribution in [0.2, 0.25) is 0 Å². The van der Waals surface area contributed by atoms with Crippen molar-refractivity contribution in [1.82, 2.24) is 4.57 Å². The van der Waals surface area contributed by atoms with Gasteiger partial charge in [0.25, 0.3) is 0 Å². The predicted molar refractivity (Wildman–Crippen MR) is 96.3 cm³/mol. The Morgan fingerprint density at radius 2 is 1.65 bits per heavy atom. The normalized spacial score (nSPS) is 19.0. The average Bonchev–Trinajstić information content (AvgIpc) is 2.67. The molecular weight excluding hydrogens is 338 g/mol. The number of aliphatic hydroxyl groups excluding tert-OH is 2. The Labute approximate surface area is 148 Å². The zero-order valence-electron chi connectivity index (χ0n) is 14.6. The lowest BCUT2D eigenvalue weighted by molar-refractivity contribution is 0.00343. The highest BCUT2D eigenvalue weighted by Gasteiger charge is 2.36. The lowest BCUT2D eigenvalue weighted by Crippen LogP contribution is -2.32. The molecule has 7 heteroatoms. The summed E-state index contributed by atoms with van der Waals surface area (Å²) in [6, 6.07) is 7.15. The third-order valence-electron chi connectivity index (χ3n) is 4.95. The van der Waals surface area contributed by atoms with Crippen LogP contribution >= 0.6 is 0 Å². The van der Waals surface area contributed by atoms with Crippen molar-refractivity contribution in [3.8, 4) is 17.2 Å². The van der Waals surface area contributed by atoms with E-state index in [0.717, 1.165) is 0 Å². The fourth-order valence-corrected chi connectivity index (χ4v) is 3.86. The number of aliphatic hydroxyl groups is 2. The molecule has 1 aromatic heterocycles. The van der Waals surface area contributed by atoms with Crippen LogP contribution in [0.3, 0.4) is 0 Å². The van der Waals surface area contributed by atoms with Crippen LogP contribution in [0.15, 0.2) is 29.1 Å². The smallest absolute Gasteiger partial charge is 0.204 e. The molecule has 2 atom stereocenters. The second-order valence-electron chi connectivity index (χ2n) is 6.21. The van der Waals surface area contributed by atoms with E-state index in [1.807, 2.05) is 16.7 Å². The highest BCUT2D eigenvalue weighted by Crippen LogP contribution is 2.50. The maximum absolute atomic E-state index is 13.2. The van der Waals surface area contributed by atoms with E-state index >= 15 is 0 Å². The molecule has 136 valence electrons. The Hall–Kier alpha value is -2.77. The lowest BCUT2D eigenvalue weighted by atomic mass is 9.93. The summed E-state index contributed by atoms with van der Waals surface area (Å²) in [6.07, 6.45) is -2.27. The second kappa shape index (κ2) is 5.89. The summed E-state index contributed by atoms with van der Waals surface area (Å²) in [5, 5.41) is 21.9. The number of rotatable bonds is 3. The SMILES string of the molecule is COc1c(OC)c2c3c(c1OC)c(=O)c1ccccc1n3CC(O)C2O. The quantitative estimate of drug-likeness (QED) is 0.692. The van der Waals surface area contributed by atoms with Crippen LogP contribution in [0.4, 0.5) is 0 Å². The minimum atomic E-state index is -1.21. The molecule has 3 aromatic rings. The maximum atomic E-state index is 13.2. The van der Waals surface area contributed by atoms with Crippen molar-refractivity contribution in [2.75, 3.05) is 21.3 Å². The van der Waals surface area contributed by atoms with Crippen LogP contribution in [0.5, 0.6) is 17.2 Å². The molecule has 0 amide bonds. The minimum absolute atomic E-state index is 0.143. The zero-order chi connectivity index (χ0) is 18.6. The first-order valence-corrected chi connectivity index (χ1v) is 8.18. The molecule has 0 bridgehead atoms. The molecule has 0 radical (unpaired) electrons. The molecule has 0 aliphatic carbocycles. The number of aromatic nitrogens is 1. The number of para-hydroxylation sites is 1. The largest absolute Gasteiger partial charge is 0.492 e. The van der Waals surface area contributed by atoms with Crippen molar-refractivity contribution < 1.29 is 24.4 Å². The molecule has 0 fully saturated rings. The van der Waals surface area contributed by atoms with Gasteiger partial charge in [-0.25, -0.2) is 0 Å². The number of nitrogens with zero attached hydrogens (tertiary/aromatic N) is 1. The van der Waals surface area contributed by atoms with Gasteiger partial charge < -0.3 is 29.0 Å².